The van der Waals surface area contributed by atoms with Gasteiger partial charge in [0.15, 0.2) is 0 Å². The number of hydrogen-bond donors (Lipinski definition) is 2. The summed E-state index contributed by atoms with van der Waals surface area (Å²) < 4.78 is 4.77. The third-order valence-electron chi connectivity index (χ3n) is 2.30. The Hall–Kier alpha value is -2.63. The number of nitrogens with zero attached hydrogens (tertiary/aromatic N) is 2. The molecule has 0 atom stereocenters. The van der Waals surface area contributed by atoms with E-state index in [1.165, 1.54) is 18.5 Å². The van der Waals surface area contributed by atoms with Crippen molar-refractivity contribution in [2.45, 2.75) is 6.92 Å². The summed E-state index contributed by atoms with van der Waals surface area (Å²) in [5.74, 6) is 0.0994. The number of nitrogens with one attached hydrogen (secondary N) is 1. The molecule has 18 heavy (non-hydrogen) atoms. The Labute approximate surface area is 103 Å². The van der Waals surface area contributed by atoms with Gasteiger partial charge in [0.05, 0.1) is 12.4 Å². The number of amides is 1. The van der Waals surface area contributed by atoms with Gasteiger partial charge >= 0.3 is 0 Å². The van der Waals surface area contributed by atoms with Crippen LogP contribution in [0.3, 0.4) is 0 Å². The molecule has 0 aliphatic carbocycles. The van der Waals surface area contributed by atoms with Gasteiger partial charge in [-0.25, -0.2) is 5.43 Å². The summed E-state index contributed by atoms with van der Waals surface area (Å²) >= 11 is 0. The first-order chi connectivity index (χ1) is 8.68. The van der Waals surface area contributed by atoms with E-state index in [4.69, 9.17) is 4.52 Å². The molecule has 0 aliphatic rings. The zero-order chi connectivity index (χ0) is 13.0. The molecule has 1 aromatic heterocycles. The smallest absolute Gasteiger partial charge is 0.276 e. The second-order valence-electron chi connectivity index (χ2n) is 3.55. The van der Waals surface area contributed by atoms with Crippen LogP contribution in [0.15, 0.2) is 40.1 Å². The maximum absolute atomic E-state index is 11.6. The van der Waals surface area contributed by atoms with Gasteiger partial charge in [-0.3, -0.25) is 4.79 Å². The van der Waals surface area contributed by atoms with Crippen LogP contribution in [0.2, 0.25) is 0 Å². The molecule has 0 spiro atoms. The highest BCUT2D eigenvalue weighted by Gasteiger charge is 2.11. The van der Waals surface area contributed by atoms with Gasteiger partial charge in [0.25, 0.3) is 5.91 Å². The highest BCUT2D eigenvalue weighted by atomic mass is 16.5. The average molecular weight is 245 g/mol. The van der Waals surface area contributed by atoms with Crippen molar-refractivity contribution in [3.05, 3.63) is 47.3 Å². The molecule has 0 unspecified atom stereocenters. The third kappa shape index (κ3) is 2.54. The van der Waals surface area contributed by atoms with Gasteiger partial charge in [0.2, 0.25) is 0 Å². The molecule has 92 valence electrons. The van der Waals surface area contributed by atoms with Crippen LogP contribution in [-0.4, -0.2) is 22.4 Å². The minimum absolute atomic E-state index is 0.0941. The molecule has 2 rings (SSSR count). The van der Waals surface area contributed by atoms with Crippen molar-refractivity contribution < 1.29 is 14.4 Å². The molecule has 0 radical (unpaired) electrons. The Morgan fingerprint density at radius 3 is 2.94 bits per heavy atom. The molecule has 0 saturated heterocycles. The fraction of sp³-hybridized carbons (Fsp3) is 0.0833. The number of phenols is 1. The van der Waals surface area contributed by atoms with Gasteiger partial charge in [-0.2, -0.15) is 5.10 Å². The zero-order valence-corrected chi connectivity index (χ0v) is 9.62. The van der Waals surface area contributed by atoms with Crippen molar-refractivity contribution in [1.82, 2.24) is 10.6 Å². The second-order valence-corrected chi connectivity index (χ2v) is 3.55. The monoisotopic (exact) mass is 245 g/mol. The maximum Gasteiger partial charge on any atom is 0.276 e. The standard InChI is InChI=1S/C12H11N3O3/c1-8-10(7-14-18-8)12(17)15-13-6-9-4-2-3-5-11(9)16/h2-7,16H,1H3,(H,15,17)/b13-6+. The van der Waals surface area contributed by atoms with E-state index in [1.807, 2.05) is 0 Å². The van der Waals surface area contributed by atoms with Crippen LogP contribution in [0.5, 0.6) is 5.75 Å². The number of aromatic hydroxyl groups is 1. The molecule has 2 N–H and O–H groups in total. The lowest BCUT2D eigenvalue weighted by molar-refractivity contribution is 0.0953. The maximum atomic E-state index is 11.6. The van der Waals surface area contributed by atoms with Crippen LogP contribution in [0, 0.1) is 6.92 Å². The lowest BCUT2D eigenvalue weighted by Gasteiger charge is -1.98. The number of phenolic OH excluding ortho intramolecular Hbond substituents is 1. The van der Waals surface area contributed by atoms with E-state index >= 15 is 0 Å². The van der Waals surface area contributed by atoms with Crippen LogP contribution in [0.4, 0.5) is 0 Å². The quantitative estimate of drug-likeness (QED) is 0.632. The number of carbonyl (C=O) groups excluding carboxylic acids is 1. The fourth-order valence-corrected chi connectivity index (χ4v) is 1.33. The molecule has 6 nitrogen and oxygen atoms in total. The Kier molecular flexibility index (Phi) is 3.38. The summed E-state index contributed by atoms with van der Waals surface area (Å²) in [5, 5.41) is 16.7. The molecule has 0 aliphatic heterocycles. The lowest BCUT2D eigenvalue weighted by atomic mass is 10.2. The molecule has 1 amide bonds. The molecule has 1 heterocycles. The number of aryl methyl sites for hydroxylation is 1. The first kappa shape index (κ1) is 11.8. The first-order valence-electron chi connectivity index (χ1n) is 5.21. The molecule has 1 aromatic carbocycles. The van der Waals surface area contributed by atoms with Crippen molar-refractivity contribution in [3.63, 3.8) is 0 Å². The minimum Gasteiger partial charge on any atom is -0.507 e. The Balaban J connectivity index is 2.03. The summed E-state index contributed by atoms with van der Waals surface area (Å²) in [6.07, 6.45) is 2.68. The van der Waals surface area contributed by atoms with E-state index in [-0.39, 0.29) is 5.75 Å². The lowest BCUT2D eigenvalue weighted by Crippen LogP contribution is -2.17. The van der Waals surface area contributed by atoms with E-state index in [9.17, 15) is 9.90 Å². The Morgan fingerprint density at radius 2 is 2.28 bits per heavy atom. The van der Waals surface area contributed by atoms with E-state index in [1.54, 1.807) is 25.1 Å². The van der Waals surface area contributed by atoms with Gasteiger partial charge in [-0.1, -0.05) is 17.3 Å². The molecule has 0 bridgehead atoms. The summed E-state index contributed by atoms with van der Waals surface area (Å²) in [5.41, 5.74) is 3.16. The average Bonchev–Trinajstić information content (AvgIpc) is 2.78. The van der Waals surface area contributed by atoms with Crippen molar-refractivity contribution in [2.24, 2.45) is 5.10 Å². The number of aromatic nitrogens is 1. The van der Waals surface area contributed by atoms with E-state index in [0.29, 0.717) is 16.9 Å². The predicted octanol–water partition coefficient (Wildman–Crippen LogP) is 1.45. The predicted molar refractivity (Wildman–Crippen MR) is 64.4 cm³/mol. The molecule has 0 fully saturated rings. The van der Waals surface area contributed by atoms with Crippen molar-refractivity contribution in [1.29, 1.82) is 0 Å². The number of hydrazone groups is 1. The molecule has 0 saturated carbocycles. The third-order valence-corrected chi connectivity index (χ3v) is 2.30. The van der Waals surface area contributed by atoms with E-state index in [0.717, 1.165) is 0 Å². The van der Waals surface area contributed by atoms with Crippen LogP contribution < -0.4 is 5.43 Å². The van der Waals surface area contributed by atoms with Crippen molar-refractivity contribution in [2.75, 3.05) is 0 Å². The molecule has 2 aromatic rings. The number of carbonyl (C=O) groups is 1. The van der Waals surface area contributed by atoms with Gasteiger partial charge in [-0.15, -0.1) is 0 Å². The van der Waals surface area contributed by atoms with Crippen LogP contribution in [-0.2, 0) is 0 Å². The van der Waals surface area contributed by atoms with Crippen LogP contribution in [0.1, 0.15) is 21.7 Å². The highest BCUT2D eigenvalue weighted by molar-refractivity contribution is 5.95. The summed E-state index contributed by atoms with van der Waals surface area (Å²) in [7, 11) is 0. The zero-order valence-electron chi connectivity index (χ0n) is 9.62. The number of para-hydroxylation sites is 1. The van der Waals surface area contributed by atoms with Crippen molar-refractivity contribution in [3.8, 4) is 5.75 Å². The van der Waals surface area contributed by atoms with Gasteiger partial charge in [0.1, 0.15) is 17.1 Å². The first-order valence-corrected chi connectivity index (χ1v) is 5.21. The summed E-state index contributed by atoms with van der Waals surface area (Å²) in [4.78, 5) is 11.6. The van der Waals surface area contributed by atoms with Gasteiger partial charge in [0, 0.05) is 5.56 Å². The van der Waals surface area contributed by atoms with Gasteiger partial charge < -0.3 is 9.63 Å². The molecule has 6 heteroatoms. The summed E-state index contributed by atoms with van der Waals surface area (Å²) in [6, 6.07) is 6.67. The summed E-state index contributed by atoms with van der Waals surface area (Å²) in [6.45, 7) is 1.63. The van der Waals surface area contributed by atoms with Crippen LogP contribution in [0.25, 0.3) is 0 Å². The van der Waals surface area contributed by atoms with Crippen molar-refractivity contribution >= 4 is 12.1 Å². The van der Waals surface area contributed by atoms with Gasteiger partial charge in [-0.05, 0) is 19.1 Å². The van der Waals surface area contributed by atoms with Crippen LogP contribution >= 0.6 is 0 Å². The largest absolute Gasteiger partial charge is 0.507 e. The Morgan fingerprint density at radius 1 is 1.50 bits per heavy atom. The minimum atomic E-state index is -0.416. The SMILES string of the molecule is Cc1oncc1C(=O)N/N=C/c1ccccc1O. The van der Waals surface area contributed by atoms with E-state index in [2.05, 4.69) is 15.7 Å². The number of rotatable bonds is 3. The normalized spacial score (nSPS) is 10.7. The topological polar surface area (TPSA) is 87.7 Å². The van der Waals surface area contributed by atoms with E-state index < -0.39 is 5.91 Å². The Bertz CT molecular complexity index is 590. The number of benzene rings is 1. The number of hydrogen-bond acceptors (Lipinski definition) is 5. The fourth-order valence-electron chi connectivity index (χ4n) is 1.33. The second kappa shape index (κ2) is 5.13. The molecular formula is C12H11N3O3. The highest BCUT2D eigenvalue weighted by Crippen LogP contribution is 2.12. The molecular weight excluding hydrogens is 234 g/mol.